The molecule has 1 rings (SSSR count). The highest BCUT2D eigenvalue weighted by molar-refractivity contribution is 5.92. The molecule has 5 nitrogen and oxygen atoms in total. The Kier molecular flexibility index (Phi) is 6.89. The number of unbranched alkanes of at least 4 members (excludes halogenated alkanes) is 1. The molecule has 1 aromatic carbocycles. The van der Waals surface area contributed by atoms with E-state index in [9.17, 15) is 19.8 Å². The van der Waals surface area contributed by atoms with Crippen molar-refractivity contribution in [2.45, 2.75) is 26.2 Å². The summed E-state index contributed by atoms with van der Waals surface area (Å²) >= 11 is 0. The van der Waals surface area contributed by atoms with Crippen LogP contribution in [-0.4, -0.2) is 28.8 Å². The zero-order valence-electron chi connectivity index (χ0n) is 12.5. The Morgan fingerprint density at radius 3 is 2.41 bits per heavy atom. The molecule has 0 heterocycles. The Morgan fingerprint density at radius 1 is 1.23 bits per heavy atom. The third-order valence-electron chi connectivity index (χ3n) is 2.93. The predicted octanol–water partition coefficient (Wildman–Crippen LogP) is 3.15. The third kappa shape index (κ3) is 6.26. The first-order valence-electron chi connectivity index (χ1n) is 6.95. The predicted molar refractivity (Wildman–Crippen MR) is 83.3 cm³/mol. The Morgan fingerprint density at radius 2 is 1.86 bits per heavy atom. The minimum Gasteiger partial charge on any atom is -0.508 e. The van der Waals surface area contributed by atoms with Crippen molar-refractivity contribution in [3.8, 4) is 5.75 Å². The molecule has 5 heteroatoms. The van der Waals surface area contributed by atoms with Crippen molar-refractivity contribution >= 4 is 18.0 Å². The molecule has 0 aliphatic carbocycles. The van der Waals surface area contributed by atoms with Gasteiger partial charge in [-0.25, -0.2) is 9.59 Å². The number of aliphatic carboxylic acids is 1. The normalized spacial score (nSPS) is 11.0. The summed E-state index contributed by atoms with van der Waals surface area (Å²) in [5.74, 6) is -1.28. The number of carboxylic acids is 1. The van der Waals surface area contributed by atoms with Crippen molar-refractivity contribution in [2.75, 3.05) is 6.61 Å². The topological polar surface area (TPSA) is 83.8 Å². The van der Waals surface area contributed by atoms with E-state index in [1.165, 1.54) is 12.1 Å². The summed E-state index contributed by atoms with van der Waals surface area (Å²) in [6, 6.07) is 6.30. The molecule has 0 amide bonds. The first-order chi connectivity index (χ1) is 10.4. The van der Waals surface area contributed by atoms with Crippen molar-refractivity contribution < 1.29 is 24.5 Å². The Balaban J connectivity index is 2.48. The molecule has 0 saturated heterocycles. The molecular weight excluding hydrogens is 284 g/mol. The van der Waals surface area contributed by atoms with Crippen LogP contribution >= 0.6 is 0 Å². The van der Waals surface area contributed by atoms with Gasteiger partial charge in [0.05, 0.1) is 6.61 Å². The van der Waals surface area contributed by atoms with Gasteiger partial charge in [-0.1, -0.05) is 18.7 Å². The Labute approximate surface area is 129 Å². The fourth-order valence-electron chi connectivity index (χ4n) is 1.72. The molecular formula is C17H20O5. The number of carbonyl (C=O) groups excluding carboxylic acids is 1. The van der Waals surface area contributed by atoms with E-state index in [1.807, 2.05) is 0 Å². The molecule has 0 saturated carbocycles. The fraction of sp³-hybridized carbons (Fsp3) is 0.294. The minimum atomic E-state index is -0.980. The molecule has 0 bridgehead atoms. The molecule has 1 aromatic rings. The number of carbonyl (C=O) groups is 2. The van der Waals surface area contributed by atoms with Crippen molar-refractivity contribution in [1.29, 1.82) is 0 Å². The second-order valence-corrected chi connectivity index (χ2v) is 4.94. The molecule has 0 fully saturated rings. The number of carboxylic acid groups (broad SMARTS) is 1. The van der Waals surface area contributed by atoms with E-state index in [0.29, 0.717) is 30.4 Å². The summed E-state index contributed by atoms with van der Waals surface area (Å²) in [6.07, 6.45) is 3.13. The second-order valence-electron chi connectivity index (χ2n) is 4.94. The molecule has 22 heavy (non-hydrogen) atoms. The number of aromatic hydroxyl groups is 1. The average Bonchev–Trinajstić information content (AvgIpc) is 2.47. The first kappa shape index (κ1) is 17.5. The largest absolute Gasteiger partial charge is 0.508 e. The molecule has 0 radical (unpaired) electrons. The van der Waals surface area contributed by atoms with Gasteiger partial charge in [-0.2, -0.15) is 0 Å². The van der Waals surface area contributed by atoms with Gasteiger partial charge in [0.1, 0.15) is 5.75 Å². The van der Waals surface area contributed by atoms with E-state index >= 15 is 0 Å². The number of benzene rings is 1. The maximum Gasteiger partial charge on any atom is 0.333 e. The van der Waals surface area contributed by atoms with E-state index < -0.39 is 11.9 Å². The van der Waals surface area contributed by atoms with Crippen molar-refractivity contribution in [1.82, 2.24) is 0 Å². The van der Waals surface area contributed by atoms with Crippen LogP contribution in [0.4, 0.5) is 0 Å². The molecule has 0 aromatic heterocycles. The van der Waals surface area contributed by atoms with Gasteiger partial charge in [-0.3, -0.25) is 0 Å². The van der Waals surface area contributed by atoms with Gasteiger partial charge in [0.25, 0.3) is 0 Å². The summed E-state index contributed by atoms with van der Waals surface area (Å²) < 4.78 is 4.94. The van der Waals surface area contributed by atoms with Crippen LogP contribution in [0.3, 0.4) is 0 Å². The third-order valence-corrected chi connectivity index (χ3v) is 2.93. The summed E-state index contributed by atoms with van der Waals surface area (Å²) in [5.41, 5.74) is 1.33. The SMILES string of the molecule is C=C(C)C(=O)OCCCCC(=Cc1ccc(O)cc1)C(=O)O. The van der Waals surface area contributed by atoms with Crippen LogP contribution < -0.4 is 0 Å². The van der Waals surface area contributed by atoms with Crippen molar-refractivity contribution in [3.63, 3.8) is 0 Å². The second kappa shape index (κ2) is 8.67. The van der Waals surface area contributed by atoms with Crippen LogP contribution in [0.2, 0.25) is 0 Å². The van der Waals surface area contributed by atoms with Crippen LogP contribution in [0.15, 0.2) is 42.0 Å². The van der Waals surface area contributed by atoms with Crippen LogP contribution in [0.1, 0.15) is 31.7 Å². The molecule has 0 spiro atoms. The number of phenolic OH excluding ortho intramolecular Hbond substituents is 1. The van der Waals surface area contributed by atoms with Crippen LogP contribution in [-0.2, 0) is 14.3 Å². The maximum absolute atomic E-state index is 11.2. The number of phenols is 1. The lowest BCUT2D eigenvalue weighted by Crippen LogP contribution is -2.07. The summed E-state index contributed by atoms with van der Waals surface area (Å²) in [6.45, 7) is 5.30. The van der Waals surface area contributed by atoms with Crippen LogP contribution in [0, 0.1) is 0 Å². The first-order valence-corrected chi connectivity index (χ1v) is 6.95. The number of esters is 1. The van der Waals surface area contributed by atoms with Crippen LogP contribution in [0.25, 0.3) is 6.08 Å². The molecule has 0 unspecified atom stereocenters. The van der Waals surface area contributed by atoms with Gasteiger partial charge < -0.3 is 14.9 Å². The van der Waals surface area contributed by atoms with E-state index in [2.05, 4.69) is 6.58 Å². The number of hydrogen-bond donors (Lipinski definition) is 2. The van der Waals surface area contributed by atoms with Crippen LogP contribution in [0.5, 0.6) is 5.75 Å². The van der Waals surface area contributed by atoms with Crippen molar-refractivity contribution in [2.24, 2.45) is 0 Å². The fourth-order valence-corrected chi connectivity index (χ4v) is 1.72. The Hall–Kier alpha value is -2.56. The molecule has 0 atom stereocenters. The van der Waals surface area contributed by atoms with Gasteiger partial charge in [0.15, 0.2) is 0 Å². The number of hydrogen-bond acceptors (Lipinski definition) is 4. The van der Waals surface area contributed by atoms with Gasteiger partial charge in [0.2, 0.25) is 0 Å². The molecule has 0 aliphatic heterocycles. The lowest BCUT2D eigenvalue weighted by molar-refractivity contribution is -0.139. The molecule has 0 aliphatic rings. The zero-order valence-corrected chi connectivity index (χ0v) is 12.5. The Bertz CT molecular complexity index is 569. The van der Waals surface area contributed by atoms with E-state index in [0.717, 1.165) is 0 Å². The zero-order chi connectivity index (χ0) is 16.5. The van der Waals surface area contributed by atoms with Gasteiger partial charge in [0, 0.05) is 11.1 Å². The molecule has 118 valence electrons. The van der Waals surface area contributed by atoms with Gasteiger partial charge >= 0.3 is 11.9 Å². The minimum absolute atomic E-state index is 0.133. The highest BCUT2D eigenvalue weighted by Crippen LogP contribution is 2.16. The molecule has 2 N–H and O–H groups in total. The highest BCUT2D eigenvalue weighted by Gasteiger charge is 2.08. The lowest BCUT2D eigenvalue weighted by atomic mass is 10.1. The lowest BCUT2D eigenvalue weighted by Gasteiger charge is -2.05. The summed E-state index contributed by atoms with van der Waals surface area (Å²) in [7, 11) is 0. The summed E-state index contributed by atoms with van der Waals surface area (Å²) in [4.78, 5) is 22.4. The van der Waals surface area contributed by atoms with E-state index in [-0.39, 0.29) is 17.9 Å². The van der Waals surface area contributed by atoms with E-state index in [4.69, 9.17) is 4.74 Å². The number of rotatable bonds is 8. The summed E-state index contributed by atoms with van der Waals surface area (Å²) in [5, 5.41) is 18.4. The standard InChI is InChI=1S/C17H20O5/c1-12(2)17(21)22-10-4-3-5-14(16(19)20)11-13-6-8-15(18)9-7-13/h6-9,11,18H,1,3-5,10H2,2H3,(H,19,20). The van der Waals surface area contributed by atoms with Gasteiger partial charge in [-0.05, 0) is 50.0 Å². The quantitative estimate of drug-likeness (QED) is 0.438. The van der Waals surface area contributed by atoms with Crippen molar-refractivity contribution in [3.05, 3.63) is 47.6 Å². The monoisotopic (exact) mass is 304 g/mol. The highest BCUT2D eigenvalue weighted by atomic mass is 16.5. The maximum atomic E-state index is 11.2. The van der Waals surface area contributed by atoms with Gasteiger partial charge in [-0.15, -0.1) is 0 Å². The van der Waals surface area contributed by atoms with E-state index in [1.54, 1.807) is 25.1 Å². The average molecular weight is 304 g/mol. The number of ether oxygens (including phenoxy) is 1. The smallest absolute Gasteiger partial charge is 0.333 e.